The van der Waals surface area contributed by atoms with Crippen LogP contribution in [0, 0.1) is 0 Å². The smallest absolute Gasteiger partial charge is 0.410 e. The number of carbonyl (C=O) groups is 3. The molecule has 0 atom stereocenters. The number of anilines is 1. The van der Waals surface area contributed by atoms with Crippen LogP contribution in [0.3, 0.4) is 0 Å². The lowest BCUT2D eigenvalue weighted by atomic mass is 10.1. The molecule has 1 aliphatic rings. The van der Waals surface area contributed by atoms with Crippen LogP contribution in [0.4, 0.5) is 15.3 Å². The minimum absolute atomic E-state index is 0.137. The summed E-state index contributed by atoms with van der Waals surface area (Å²) >= 11 is 0. The van der Waals surface area contributed by atoms with Gasteiger partial charge in [-0.1, -0.05) is 30.3 Å². The summed E-state index contributed by atoms with van der Waals surface area (Å²) < 4.78 is 10.2. The first-order valence-electron chi connectivity index (χ1n) is 10.9. The Balaban J connectivity index is 1.71. The van der Waals surface area contributed by atoms with Crippen LogP contribution in [0.5, 0.6) is 0 Å². The molecular weight excluding hydrogens is 422 g/mol. The molecule has 176 valence electrons. The van der Waals surface area contributed by atoms with Crippen LogP contribution in [0.2, 0.25) is 0 Å². The summed E-state index contributed by atoms with van der Waals surface area (Å²) in [5.41, 5.74) is 1.55. The van der Waals surface area contributed by atoms with Gasteiger partial charge < -0.3 is 19.3 Å². The zero-order valence-electron chi connectivity index (χ0n) is 19.6. The number of hydrogen-bond donors (Lipinski definition) is 0. The summed E-state index contributed by atoms with van der Waals surface area (Å²) in [6.07, 6.45) is -0.361. The number of rotatable bonds is 4. The number of para-hydroxylation sites is 1. The minimum atomic E-state index is -0.558. The van der Waals surface area contributed by atoms with Crippen molar-refractivity contribution in [2.75, 3.05) is 38.2 Å². The highest BCUT2D eigenvalue weighted by Gasteiger charge is 2.30. The SMILES string of the molecule is COC(=O)c1ccc(CN(C(=O)N2CCN(C(=O)OC(C)(C)C)CC2)c2ccccc2)cc1. The van der Waals surface area contributed by atoms with E-state index >= 15 is 0 Å². The molecule has 1 aliphatic heterocycles. The molecule has 3 rings (SSSR count). The Morgan fingerprint density at radius 1 is 0.879 bits per heavy atom. The molecule has 2 aromatic carbocycles. The summed E-state index contributed by atoms with van der Waals surface area (Å²) in [6, 6.07) is 16.3. The van der Waals surface area contributed by atoms with Crippen molar-refractivity contribution in [3.8, 4) is 0 Å². The van der Waals surface area contributed by atoms with Gasteiger partial charge in [-0.2, -0.15) is 0 Å². The molecule has 0 aromatic heterocycles. The summed E-state index contributed by atoms with van der Waals surface area (Å²) in [4.78, 5) is 42.6. The van der Waals surface area contributed by atoms with Gasteiger partial charge in [-0.15, -0.1) is 0 Å². The molecule has 0 N–H and O–H groups in total. The van der Waals surface area contributed by atoms with Gasteiger partial charge in [0.05, 0.1) is 19.2 Å². The van der Waals surface area contributed by atoms with Crippen molar-refractivity contribution in [2.45, 2.75) is 32.9 Å². The molecule has 1 saturated heterocycles. The van der Waals surface area contributed by atoms with E-state index in [-0.39, 0.29) is 12.1 Å². The van der Waals surface area contributed by atoms with Crippen molar-refractivity contribution >= 4 is 23.8 Å². The fraction of sp³-hybridized carbons (Fsp3) is 0.400. The van der Waals surface area contributed by atoms with E-state index in [1.165, 1.54) is 7.11 Å². The van der Waals surface area contributed by atoms with E-state index in [0.717, 1.165) is 11.3 Å². The second kappa shape index (κ2) is 10.4. The number of urea groups is 1. The third-order valence-corrected chi connectivity index (χ3v) is 5.22. The Hall–Kier alpha value is -3.55. The van der Waals surface area contributed by atoms with Gasteiger partial charge in [0.25, 0.3) is 0 Å². The Morgan fingerprint density at radius 2 is 1.45 bits per heavy atom. The Bertz CT molecular complexity index is 962. The summed E-state index contributed by atoms with van der Waals surface area (Å²) in [5.74, 6) is -0.402. The zero-order valence-corrected chi connectivity index (χ0v) is 19.6. The third kappa shape index (κ3) is 6.47. The first kappa shape index (κ1) is 24.1. The van der Waals surface area contributed by atoms with E-state index in [9.17, 15) is 14.4 Å². The van der Waals surface area contributed by atoms with E-state index in [4.69, 9.17) is 9.47 Å². The number of amides is 3. The van der Waals surface area contributed by atoms with Crippen molar-refractivity contribution in [2.24, 2.45) is 0 Å². The quantitative estimate of drug-likeness (QED) is 0.650. The van der Waals surface area contributed by atoms with Crippen LogP contribution in [0.25, 0.3) is 0 Å². The molecule has 2 aromatic rings. The lowest BCUT2D eigenvalue weighted by Crippen LogP contribution is -2.54. The first-order chi connectivity index (χ1) is 15.7. The predicted octanol–water partition coefficient (Wildman–Crippen LogP) is 4.15. The molecule has 3 amide bonds. The molecule has 1 heterocycles. The van der Waals surface area contributed by atoms with Gasteiger partial charge >= 0.3 is 18.1 Å². The molecule has 1 fully saturated rings. The number of carbonyl (C=O) groups excluding carboxylic acids is 3. The molecule has 0 radical (unpaired) electrons. The van der Waals surface area contributed by atoms with Crippen LogP contribution in [0.15, 0.2) is 54.6 Å². The molecule has 8 heteroatoms. The monoisotopic (exact) mass is 453 g/mol. The molecule has 0 bridgehead atoms. The largest absolute Gasteiger partial charge is 0.465 e. The van der Waals surface area contributed by atoms with Gasteiger partial charge in [-0.3, -0.25) is 4.90 Å². The number of esters is 1. The standard InChI is InChI=1S/C25H31N3O5/c1-25(2,3)33-24(31)27-16-14-26(15-17-27)23(30)28(21-8-6-5-7-9-21)18-19-10-12-20(13-11-19)22(29)32-4/h5-13H,14-18H2,1-4H3. The number of hydrogen-bond acceptors (Lipinski definition) is 5. The molecular formula is C25H31N3O5. The normalized spacial score (nSPS) is 13.9. The predicted molar refractivity (Wildman–Crippen MR) is 125 cm³/mol. The van der Waals surface area contributed by atoms with E-state index < -0.39 is 11.6 Å². The average molecular weight is 454 g/mol. The maximum atomic E-state index is 13.5. The number of methoxy groups -OCH3 is 1. The highest BCUT2D eigenvalue weighted by molar-refractivity contribution is 5.92. The van der Waals surface area contributed by atoms with Gasteiger partial charge in [-0.05, 0) is 50.6 Å². The van der Waals surface area contributed by atoms with Gasteiger partial charge in [0.15, 0.2) is 0 Å². The molecule has 0 aliphatic carbocycles. The van der Waals surface area contributed by atoms with Crippen LogP contribution < -0.4 is 4.90 Å². The van der Waals surface area contributed by atoms with Crippen molar-refractivity contribution < 1.29 is 23.9 Å². The fourth-order valence-electron chi connectivity index (χ4n) is 3.50. The van der Waals surface area contributed by atoms with Gasteiger partial charge in [0.2, 0.25) is 0 Å². The molecule has 0 spiro atoms. The number of benzene rings is 2. The van der Waals surface area contributed by atoms with Gasteiger partial charge in [-0.25, -0.2) is 14.4 Å². The van der Waals surface area contributed by atoms with E-state index in [0.29, 0.717) is 38.3 Å². The van der Waals surface area contributed by atoms with Crippen LogP contribution in [-0.4, -0.2) is 66.8 Å². The zero-order chi connectivity index (χ0) is 24.0. The molecule has 8 nitrogen and oxygen atoms in total. The summed E-state index contributed by atoms with van der Waals surface area (Å²) in [5, 5.41) is 0. The second-order valence-corrected chi connectivity index (χ2v) is 8.85. The molecule has 33 heavy (non-hydrogen) atoms. The number of piperazine rings is 1. The van der Waals surface area contributed by atoms with Crippen LogP contribution in [-0.2, 0) is 16.0 Å². The molecule has 0 unspecified atom stereocenters. The third-order valence-electron chi connectivity index (χ3n) is 5.22. The average Bonchev–Trinajstić information content (AvgIpc) is 2.81. The lowest BCUT2D eigenvalue weighted by Gasteiger charge is -2.38. The number of ether oxygens (including phenoxy) is 2. The van der Waals surface area contributed by atoms with Gasteiger partial charge in [0.1, 0.15) is 5.60 Å². The minimum Gasteiger partial charge on any atom is -0.465 e. The van der Waals surface area contributed by atoms with Crippen LogP contribution in [0.1, 0.15) is 36.7 Å². The summed E-state index contributed by atoms with van der Waals surface area (Å²) in [6.45, 7) is 7.51. The van der Waals surface area contributed by atoms with Gasteiger partial charge in [0, 0.05) is 31.9 Å². The Morgan fingerprint density at radius 3 is 2.00 bits per heavy atom. The Kier molecular flexibility index (Phi) is 7.58. The lowest BCUT2D eigenvalue weighted by molar-refractivity contribution is 0.0172. The van der Waals surface area contributed by atoms with E-state index in [1.807, 2.05) is 63.2 Å². The number of nitrogens with zero attached hydrogens (tertiary/aromatic N) is 3. The maximum Gasteiger partial charge on any atom is 0.410 e. The van der Waals surface area contributed by atoms with Crippen molar-refractivity contribution in [1.82, 2.24) is 9.80 Å². The Labute approximate surface area is 194 Å². The van der Waals surface area contributed by atoms with Crippen molar-refractivity contribution in [3.05, 3.63) is 65.7 Å². The van der Waals surface area contributed by atoms with Crippen molar-refractivity contribution in [1.29, 1.82) is 0 Å². The van der Waals surface area contributed by atoms with E-state index in [1.54, 1.807) is 26.8 Å². The highest BCUT2D eigenvalue weighted by atomic mass is 16.6. The first-order valence-corrected chi connectivity index (χ1v) is 10.9. The highest BCUT2D eigenvalue weighted by Crippen LogP contribution is 2.21. The van der Waals surface area contributed by atoms with Crippen LogP contribution >= 0.6 is 0 Å². The second-order valence-electron chi connectivity index (χ2n) is 8.85. The fourth-order valence-corrected chi connectivity index (χ4v) is 3.50. The summed E-state index contributed by atoms with van der Waals surface area (Å²) in [7, 11) is 1.34. The van der Waals surface area contributed by atoms with Crippen molar-refractivity contribution in [3.63, 3.8) is 0 Å². The topological polar surface area (TPSA) is 79.4 Å². The maximum absolute atomic E-state index is 13.5. The molecule has 0 saturated carbocycles. The van der Waals surface area contributed by atoms with E-state index in [2.05, 4.69) is 0 Å².